The fourth-order valence-electron chi connectivity index (χ4n) is 3.91. The van der Waals surface area contributed by atoms with Crippen LogP contribution in [0.4, 0.5) is 5.00 Å². The Labute approximate surface area is 175 Å². The highest BCUT2D eigenvalue weighted by Crippen LogP contribution is 2.44. The summed E-state index contributed by atoms with van der Waals surface area (Å²) in [5.41, 5.74) is 8.72. The maximum atomic E-state index is 6.62. The number of allylic oxidation sites excluding steroid dienone is 3. The number of nitrogens with zero attached hydrogens (tertiary/aromatic N) is 2. The van der Waals surface area contributed by atoms with E-state index in [0.29, 0.717) is 0 Å². The molecular formula is C23H24ClN3S. The van der Waals surface area contributed by atoms with E-state index in [0.717, 1.165) is 56.7 Å². The Morgan fingerprint density at radius 2 is 2.14 bits per heavy atom. The Hall–Kier alpha value is -2.30. The van der Waals surface area contributed by atoms with Crippen LogP contribution in [0.1, 0.15) is 49.4 Å². The number of thiophene rings is 1. The SMILES string of the molecule is C=C1Nc2sccc2C(C)=C1C1=NN(C(=C)CC)C(c2ccc(C)cc2Cl)C1. The number of nitrogens with one attached hydrogen (secondary N) is 1. The van der Waals surface area contributed by atoms with Crippen molar-refractivity contribution < 1.29 is 0 Å². The van der Waals surface area contributed by atoms with Gasteiger partial charge in [0.2, 0.25) is 0 Å². The molecule has 2 aromatic rings. The third-order valence-electron chi connectivity index (χ3n) is 5.46. The van der Waals surface area contributed by atoms with E-state index < -0.39 is 0 Å². The third-order valence-corrected chi connectivity index (χ3v) is 6.61. The predicted octanol–water partition coefficient (Wildman–Crippen LogP) is 7.15. The first-order valence-electron chi connectivity index (χ1n) is 9.46. The zero-order valence-corrected chi connectivity index (χ0v) is 18.0. The van der Waals surface area contributed by atoms with Crippen LogP contribution in [0.25, 0.3) is 5.57 Å². The number of rotatable bonds is 4. The Kier molecular flexibility index (Phi) is 4.94. The minimum Gasteiger partial charge on any atom is -0.347 e. The lowest BCUT2D eigenvalue weighted by atomic mass is 9.90. The van der Waals surface area contributed by atoms with Crippen LogP contribution < -0.4 is 5.32 Å². The van der Waals surface area contributed by atoms with Gasteiger partial charge < -0.3 is 5.32 Å². The van der Waals surface area contributed by atoms with Crippen molar-refractivity contribution in [3.8, 4) is 0 Å². The van der Waals surface area contributed by atoms with Crippen LogP contribution in [0.15, 0.2) is 64.9 Å². The molecule has 3 heterocycles. The monoisotopic (exact) mass is 409 g/mol. The molecular weight excluding hydrogens is 386 g/mol. The molecule has 2 aliphatic rings. The lowest BCUT2D eigenvalue weighted by Crippen LogP contribution is -2.18. The summed E-state index contributed by atoms with van der Waals surface area (Å²) in [4.78, 5) is 0. The molecule has 4 rings (SSSR count). The first-order chi connectivity index (χ1) is 13.4. The van der Waals surface area contributed by atoms with E-state index in [4.69, 9.17) is 16.7 Å². The summed E-state index contributed by atoms with van der Waals surface area (Å²) < 4.78 is 0. The topological polar surface area (TPSA) is 27.6 Å². The normalized spacial score (nSPS) is 18.9. The van der Waals surface area contributed by atoms with Crippen molar-refractivity contribution in [2.75, 3.05) is 5.32 Å². The number of aryl methyl sites for hydroxylation is 1. The van der Waals surface area contributed by atoms with Crippen molar-refractivity contribution >= 4 is 39.2 Å². The Morgan fingerprint density at radius 1 is 1.36 bits per heavy atom. The van der Waals surface area contributed by atoms with Gasteiger partial charge in [-0.25, -0.2) is 0 Å². The van der Waals surface area contributed by atoms with Crippen LogP contribution in [-0.4, -0.2) is 10.7 Å². The smallest absolute Gasteiger partial charge is 0.100 e. The van der Waals surface area contributed by atoms with E-state index in [1.165, 1.54) is 11.1 Å². The lowest BCUT2D eigenvalue weighted by molar-refractivity contribution is 0.293. The molecule has 1 unspecified atom stereocenters. The second-order valence-electron chi connectivity index (χ2n) is 7.32. The van der Waals surface area contributed by atoms with Crippen molar-refractivity contribution in [2.24, 2.45) is 5.10 Å². The predicted molar refractivity (Wildman–Crippen MR) is 122 cm³/mol. The summed E-state index contributed by atoms with van der Waals surface area (Å²) in [6.07, 6.45) is 1.61. The van der Waals surface area contributed by atoms with Crippen molar-refractivity contribution in [3.63, 3.8) is 0 Å². The molecule has 1 aromatic carbocycles. The molecule has 0 saturated heterocycles. The fraction of sp³-hybridized carbons (Fsp3) is 0.261. The van der Waals surface area contributed by atoms with Gasteiger partial charge in [-0.3, -0.25) is 5.01 Å². The van der Waals surface area contributed by atoms with Gasteiger partial charge >= 0.3 is 0 Å². The maximum absolute atomic E-state index is 6.62. The summed E-state index contributed by atoms with van der Waals surface area (Å²) >= 11 is 8.32. The van der Waals surface area contributed by atoms with E-state index in [1.54, 1.807) is 11.3 Å². The molecule has 1 N–H and O–H groups in total. The van der Waals surface area contributed by atoms with Crippen LogP contribution >= 0.6 is 22.9 Å². The van der Waals surface area contributed by atoms with E-state index in [9.17, 15) is 0 Å². The molecule has 1 atom stereocenters. The summed E-state index contributed by atoms with van der Waals surface area (Å²) in [7, 11) is 0. The molecule has 5 heteroatoms. The lowest BCUT2D eigenvalue weighted by Gasteiger charge is -2.26. The zero-order valence-electron chi connectivity index (χ0n) is 16.5. The summed E-state index contributed by atoms with van der Waals surface area (Å²) in [6.45, 7) is 14.8. The number of fused-ring (bicyclic) bond motifs is 1. The van der Waals surface area contributed by atoms with Gasteiger partial charge in [-0.15, -0.1) is 11.3 Å². The number of hydrogen-bond donors (Lipinski definition) is 1. The molecule has 0 saturated carbocycles. The second kappa shape index (κ2) is 7.26. The van der Waals surface area contributed by atoms with Crippen LogP contribution in [0.2, 0.25) is 5.02 Å². The maximum Gasteiger partial charge on any atom is 0.100 e. The number of benzene rings is 1. The first-order valence-corrected chi connectivity index (χ1v) is 10.7. The highest BCUT2D eigenvalue weighted by atomic mass is 35.5. The van der Waals surface area contributed by atoms with Gasteiger partial charge in [-0.2, -0.15) is 5.10 Å². The van der Waals surface area contributed by atoms with Gasteiger partial charge in [0.25, 0.3) is 0 Å². The van der Waals surface area contributed by atoms with Crippen LogP contribution in [0, 0.1) is 6.92 Å². The minimum atomic E-state index is 0.0486. The average Bonchev–Trinajstić information content (AvgIpc) is 3.28. The second-order valence-corrected chi connectivity index (χ2v) is 8.65. The number of halogens is 1. The van der Waals surface area contributed by atoms with Gasteiger partial charge in [0.15, 0.2) is 0 Å². The Bertz CT molecular complexity index is 1040. The fourth-order valence-corrected chi connectivity index (χ4v) is 5.14. The van der Waals surface area contributed by atoms with E-state index in [1.807, 2.05) is 11.1 Å². The summed E-state index contributed by atoms with van der Waals surface area (Å²) in [5, 5.41) is 14.5. The quantitative estimate of drug-likeness (QED) is 0.580. The molecule has 0 radical (unpaired) electrons. The highest BCUT2D eigenvalue weighted by Gasteiger charge is 2.34. The molecule has 3 nitrogen and oxygen atoms in total. The molecule has 0 fully saturated rings. The van der Waals surface area contributed by atoms with Crippen LogP contribution in [0.3, 0.4) is 0 Å². The van der Waals surface area contributed by atoms with Crippen LogP contribution in [0.5, 0.6) is 0 Å². The van der Waals surface area contributed by atoms with Crippen molar-refractivity contribution in [1.82, 2.24) is 5.01 Å². The molecule has 0 amide bonds. The minimum absolute atomic E-state index is 0.0486. The molecule has 0 spiro atoms. The van der Waals surface area contributed by atoms with Gasteiger partial charge in [-0.1, -0.05) is 43.8 Å². The van der Waals surface area contributed by atoms with E-state index in [2.05, 4.69) is 62.8 Å². The Morgan fingerprint density at radius 3 is 2.86 bits per heavy atom. The largest absolute Gasteiger partial charge is 0.347 e. The molecule has 0 aliphatic carbocycles. The number of hydrogen-bond acceptors (Lipinski definition) is 4. The van der Waals surface area contributed by atoms with Crippen molar-refractivity contribution in [1.29, 1.82) is 0 Å². The Balaban J connectivity index is 1.78. The third kappa shape index (κ3) is 3.11. The van der Waals surface area contributed by atoms with Crippen molar-refractivity contribution in [2.45, 2.75) is 39.7 Å². The van der Waals surface area contributed by atoms with Gasteiger partial charge in [0.1, 0.15) is 5.00 Å². The standard InChI is InChI=1S/C23H24ClN3S/c1-6-14(3)27-21(18-8-7-13(2)11-19(18)24)12-20(26-27)22-15(4)17-9-10-28-23(17)25-16(22)5/h7-11,21,25H,3,5-6,12H2,1-2,4H3. The van der Waals surface area contributed by atoms with Gasteiger partial charge in [0.05, 0.1) is 11.8 Å². The number of hydrazone groups is 1. The van der Waals surface area contributed by atoms with E-state index >= 15 is 0 Å². The molecule has 28 heavy (non-hydrogen) atoms. The van der Waals surface area contributed by atoms with E-state index in [-0.39, 0.29) is 6.04 Å². The van der Waals surface area contributed by atoms with Gasteiger partial charge in [-0.05, 0) is 54.5 Å². The molecule has 1 aromatic heterocycles. The number of anilines is 1. The van der Waals surface area contributed by atoms with Crippen LogP contribution in [-0.2, 0) is 0 Å². The first kappa shape index (κ1) is 19.0. The summed E-state index contributed by atoms with van der Waals surface area (Å²) in [6, 6.07) is 8.44. The van der Waals surface area contributed by atoms with Crippen molar-refractivity contribution in [3.05, 3.63) is 81.5 Å². The zero-order chi connectivity index (χ0) is 20.0. The average molecular weight is 410 g/mol. The highest BCUT2D eigenvalue weighted by molar-refractivity contribution is 7.14. The molecule has 0 bridgehead atoms. The summed E-state index contributed by atoms with van der Waals surface area (Å²) in [5.74, 6) is 0. The molecule has 144 valence electrons. The van der Waals surface area contributed by atoms with Gasteiger partial charge in [0, 0.05) is 34.0 Å². The molecule has 2 aliphatic heterocycles.